The molecule has 0 amide bonds. The van der Waals surface area contributed by atoms with Crippen molar-refractivity contribution in [3.63, 3.8) is 0 Å². The maximum atomic E-state index is 13.2. The minimum atomic E-state index is -0.202. The van der Waals surface area contributed by atoms with Gasteiger partial charge in [-0.3, -0.25) is 0 Å². The molecule has 0 fully saturated rings. The Labute approximate surface area is 119 Å². The smallest absolute Gasteiger partial charge is 0.124 e. The highest BCUT2D eigenvalue weighted by atomic mass is 79.9. The number of halogens is 2. The van der Waals surface area contributed by atoms with Crippen LogP contribution in [0.4, 0.5) is 4.39 Å². The molecular weight excluding hydrogens is 313 g/mol. The third-order valence-corrected chi connectivity index (χ3v) is 3.89. The number of nitrogens with one attached hydrogen (secondary N) is 1. The molecule has 0 aliphatic rings. The summed E-state index contributed by atoms with van der Waals surface area (Å²) in [6.07, 6.45) is 1.000. The molecule has 1 aromatic carbocycles. The summed E-state index contributed by atoms with van der Waals surface area (Å²) in [5.74, 6) is -0.202. The molecule has 1 atom stereocenters. The Balaban J connectivity index is 1.87. The van der Waals surface area contributed by atoms with Gasteiger partial charge in [-0.2, -0.15) is 11.3 Å². The van der Waals surface area contributed by atoms with E-state index in [4.69, 9.17) is 0 Å². The van der Waals surface area contributed by atoms with Gasteiger partial charge >= 0.3 is 0 Å². The lowest BCUT2D eigenvalue weighted by atomic mass is 10.1. The highest BCUT2D eigenvalue weighted by Crippen LogP contribution is 2.15. The van der Waals surface area contributed by atoms with E-state index < -0.39 is 0 Å². The normalized spacial score (nSPS) is 12.6. The van der Waals surface area contributed by atoms with E-state index in [0.29, 0.717) is 12.6 Å². The topological polar surface area (TPSA) is 12.0 Å². The van der Waals surface area contributed by atoms with Crippen molar-refractivity contribution in [1.29, 1.82) is 0 Å². The Kier molecular flexibility index (Phi) is 4.92. The Morgan fingerprint density at radius 2 is 2.17 bits per heavy atom. The summed E-state index contributed by atoms with van der Waals surface area (Å²) in [6.45, 7) is 2.83. The van der Waals surface area contributed by atoms with E-state index in [9.17, 15) is 4.39 Å². The highest BCUT2D eigenvalue weighted by molar-refractivity contribution is 9.10. The van der Waals surface area contributed by atoms with Gasteiger partial charge in [0.2, 0.25) is 0 Å². The van der Waals surface area contributed by atoms with Gasteiger partial charge in [-0.05, 0) is 59.5 Å². The molecule has 0 aliphatic heterocycles. The number of benzene rings is 1. The van der Waals surface area contributed by atoms with Crippen LogP contribution in [0.5, 0.6) is 0 Å². The van der Waals surface area contributed by atoms with Gasteiger partial charge in [-0.15, -0.1) is 0 Å². The first-order valence-corrected chi connectivity index (χ1v) is 7.56. The van der Waals surface area contributed by atoms with Crippen LogP contribution in [0.15, 0.2) is 39.5 Å². The third-order valence-electron chi connectivity index (χ3n) is 2.70. The third kappa shape index (κ3) is 4.19. The van der Waals surface area contributed by atoms with Gasteiger partial charge in [0.25, 0.3) is 0 Å². The summed E-state index contributed by atoms with van der Waals surface area (Å²) in [5.41, 5.74) is 2.31. The van der Waals surface area contributed by atoms with Crippen LogP contribution in [0.1, 0.15) is 18.1 Å². The lowest BCUT2D eigenvalue weighted by molar-refractivity contribution is 0.543. The molecule has 4 heteroatoms. The monoisotopic (exact) mass is 327 g/mol. The van der Waals surface area contributed by atoms with Gasteiger partial charge in [0.1, 0.15) is 5.82 Å². The summed E-state index contributed by atoms with van der Waals surface area (Å²) in [6, 6.07) is 7.49. The molecule has 1 N–H and O–H groups in total. The highest BCUT2D eigenvalue weighted by Gasteiger charge is 2.05. The van der Waals surface area contributed by atoms with Crippen molar-refractivity contribution < 1.29 is 4.39 Å². The minimum Gasteiger partial charge on any atom is -0.310 e. The average molecular weight is 328 g/mol. The first-order valence-electron chi connectivity index (χ1n) is 5.83. The van der Waals surface area contributed by atoms with Crippen molar-refractivity contribution >= 4 is 27.3 Å². The summed E-state index contributed by atoms with van der Waals surface area (Å²) in [5, 5.41) is 7.66. The second kappa shape index (κ2) is 6.45. The van der Waals surface area contributed by atoms with Crippen molar-refractivity contribution in [1.82, 2.24) is 5.32 Å². The first kappa shape index (κ1) is 13.7. The largest absolute Gasteiger partial charge is 0.310 e. The summed E-state index contributed by atoms with van der Waals surface area (Å²) >= 11 is 5.02. The Morgan fingerprint density at radius 3 is 2.83 bits per heavy atom. The quantitative estimate of drug-likeness (QED) is 0.859. The SMILES string of the molecule is CC(Cc1ccsc1)NCc1cc(F)cc(Br)c1. The van der Waals surface area contributed by atoms with Crippen LogP contribution in [-0.4, -0.2) is 6.04 Å². The van der Waals surface area contributed by atoms with E-state index in [1.165, 1.54) is 11.6 Å². The van der Waals surface area contributed by atoms with Gasteiger partial charge in [0, 0.05) is 17.1 Å². The van der Waals surface area contributed by atoms with Crippen molar-refractivity contribution in [2.24, 2.45) is 0 Å². The number of hydrogen-bond acceptors (Lipinski definition) is 2. The molecule has 1 aromatic heterocycles. The Morgan fingerprint density at radius 1 is 1.33 bits per heavy atom. The zero-order valence-electron chi connectivity index (χ0n) is 10.1. The molecule has 0 bridgehead atoms. The van der Waals surface area contributed by atoms with Crippen LogP contribution in [0.2, 0.25) is 0 Å². The van der Waals surface area contributed by atoms with Crippen molar-refractivity contribution in [3.8, 4) is 0 Å². The van der Waals surface area contributed by atoms with Gasteiger partial charge < -0.3 is 5.32 Å². The van der Waals surface area contributed by atoms with E-state index in [0.717, 1.165) is 16.5 Å². The van der Waals surface area contributed by atoms with Gasteiger partial charge in [0.05, 0.1) is 0 Å². The predicted molar refractivity (Wildman–Crippen MR) is 78.4 cm³/mol. The molecule has 0 spiro atoms. The number of hydrogen-bond donors (Lipinski definition) is 1. The molecule has 2 rings (SSSR count). The lowest BCUT2D eigenvalue weighted by Crippen LogP contribution is -2.27. The second-order valence-electron chi connectivity index (χ2n) is 4.40. The summed E-state index contributed by atoms with van der Waals surface area (Å²) in [7, 11) is 0. The molecule has 0 radical (unpaired) electrons. The summed E-state index contributed by atoms with van der Waals surface area (Å²) < 4.78 is 14.0. The fraction of sp³-hybridized carbons (Fsp3) is 0.286. The maximum absolute atomic E-state index is 13.2. The maximum Gasteiger partial charge on any atom is 0.124 e. The molecule has 0 saturated carbocycles. The Hall–Kier alpha value is -0.710. The Bertz CT molecular complexity index is 478. The van der Waals surface area contributed by atoms with E-state index in [1.807, 2.05) is 6.07 Å². The van der Waals surface area contributed by atoms with Crippen molar-refractivity contribution in [2.45, 2.75) is 25.9 Å². The van der Waals surface area contributed by atoms with Crippen LogP contribution in [-0.2, 0) is 13.0 Å². The second-order valence-corrected chi connectivity index (χ2v) is 6.09. The molecule has 0 saturated heterocycles. The predicted octanol–water partition coefficient (Wildman–Crippen LogP) is 4.37. The van der Waals surface area contributed by atoms with Gasteiger partial charge in [-0.1, -0.05) is 15.9 Å². The molecule has 96 valence electrons. The lowest BCUT2D eigenvalue weighted by Gasteiger charge is -2.13. The van der Waals surface area contributed by atoms with Crippen molar-refractivity contribution in [2.75, 3.05) is 0 Å². The number of rotatable bonds is 5. The average Bonchev–Trinajstić information content (AvgIpc) is 2.78. The number of thiophene rings is 1. The zero-order valence-corrected chi connectivity index (χ0v) is 12.5. The molecule has 1 unspecified atom stereocenters. The molecular formula is C14H15BrFNS. The van der Waals surface area contributed by atoms with Gasteiger partial charge in [0.15, 0.2) is 0 Å². The van der Waals surface area contributed by atoms with Crippen LogP contribution >= 0.6 is 27.3 Å². The molecule has 1 heterocycles. The first-order chi connectivity index (χ1) is 8.63. The fourth-order valence-corrected chi connectivity index (χ4v) is 3.03. The standard InChI is InChI=1S/C14H15BrFNS/c1-10(4-11-2-3-18-9-11)17-8-12-5-13(15)7-14(16)6-12/h2-3,5-7,9-10,17H,4,8H2,1H3. The van der Waals surface area contributed by atoms with E-state index in [-0.39, 0.29) is 5.82 Å². The zero-order chi connectivity index (χ0) is 13.0. The molecule has 0 aliphatic carbocycles. The van der Waals surface area contributed by atoms with E-state index in [1.54, 1.807) is 17.4 Å². The molecule has 18 heavy (non-hydrogen) atoms. The summed E-state index contributed by atoms with van der Waals surface area (Å²) in [4.78, 5) is 0. The van der Waals surface area contributed by atoms with Crippen LogP contribution in [0, 0.1) is 5.82 Å². The van der Waals surface area contributed by atoms with Crippen LogP contribution in [0.3, 0.4) is 0 Å². The van der Waals surface area contributed by atoms with Crippen LogP contribution in [0.25, 0.3) is 0 Å². The fourth-order valence-electron chi connectivity index (χ4n) is 1.84. The minimum absolute atomic E-state index is 0.202. The molecule has 2 aromatic rings. The van der Waals surface area contributed by atoms with Crippen molar-refractivity contribution in [3.05, 3.63) is 56.4 Å². The van der Waals surface area contributed by atoms with Gasteiger partial charge in [-0.25, -0.2) is 4.39 Å². The van der Waals surface area contributed by atoms with E-state index >= 15 is 0 Å². The van der Waals surface area contributed by atoms with E-state index in [2.05, 4.69) is 45.0 Å². The van der Waals surface area contributed by atoms with Crippen LogP contribution < -0.4 is 5.32 Å². The molecule has 1 nitrogen and oxygen atoms in total.